The summed E-state index contributed by atoms with van der Waals surface area (Å²) in [6.07, 6.45) is 0. The van der Waals surface area contributed by atoms with Gasteiger partial charge >= 0.3 is 7.12 Å². The van der Waals surface area contributed by atoms with Crippen molar-refractivity contribution in [2.75, 3.05) is 26.4 Å². The molecule has 1 aromatic rings. The molecule has 0 heterocycles. The van der Waals surface area contributed by atoms with Gasteiger partial charge in [0.05, 0.1) is 26.4 Å². The molecule has 0 bridgehead atoms. The topological polar surface area (TPSA) is 58.9 Å². The maximum Gasteiger partial charge on any atom is 0.494 e. The van der Waals surface area contributed by atoms with Crippen molar-refractivity contribution in [3.05, 3.63) is 29.8 Å². The Morgan fingerprint density at radius 2 is 1.50 bits per heavy atom. The van der Waals surface area contributed by atoms with Crippen LogP contribution in [0.3, 0.4) is 0 Å². The summed E-state index contributed by atoms with van der Waals surface area (Å²) in [5.74, 6) is 0. The summed E-state index contributed by atoms with van der Waals surface area (Å²) in [5, 5.41) is 17.4. The number of rotatable bonds is 7. The summed E-state index contributed by atoms with van der Waals surface area (Å²) in [5.41, 5.74) is 2.04. The van der Waals surface area contributed by atoms with E-state index in [-0.39, 0.29) is 26.4 Å². The Bertz CT molecular complexity index is 281. The molecular weight excluding hydrogens is 207 g/mol. The number of aryl methyl sites for hydroxylation is 1. The third kappa shape index (κ3) is 4.32. The SMILES string of the molecule is Cc1ccc(B(OCCO)OCCO)cc1. The molecule has 5 heteroatoms. The van der Waals surface area contributed by atoms with Gasteiger partial charge in [-0.05, 0) is 12.4 Å². The third-order valence-electron chi connectivity index (χ3n) is 2.07. The minimum Gasteiger partial charge on any atom is -0.405 e. The number of hydrogen-bond acceptors (Lipinski definition) is 4. The molecule has 0 fully saturated rings. The molecule has 0 amide bonds. The molecule has 0 radical (unpaired) electrons. The molecular formula is C11H17BO4. The lowest BCUT2D eigenvalue weighted by atomic mass is 9.78. The lowest BCUT2D eigenvalue weighted by molar-refractivity contribution is 0.139. The van der Waals surface area contributed by atoms with Crippen LogP contribution in [0.25, 0.3) is 0 Å². The van der Waals surface area contributed by atoms with Crippen LogP contribution >= 0.6 is 0 Å². The highest BCUT2D eigenvalue weighted by Gasteiger charge is 2.20. The van der Waals surface area contributed by atoms with Crippen molar-refractivity contribution in [1.82, 2.24) is 0 Å². The molecule has 0 spiro atoms. The molecule has 0 aliphatic carbocycles. The lowest BCUT2D eigenvalue weighted by Crippen LogP contribution is -2.38. The van der Waals surface area contributed by atoms with Gasteiger partial charge in [0.2, 0.25) is 0 Å². The molecule has 4 nitrogen and oxygen atoms in total. The zero-order chi connectivity index (χ0) is 11.8. The van der Waals surface area contributed by atoms with Crippen molar-refractivity contribution >= 4 is 12.6 Å². The van der Waals surface area contributed by atoms with Crippen LogP contribution < -0.4 is 5.46 Å². The molecule has 16 heavy (non-hydrogen) atoms. The summed E-state index contributed by atoms with van der Waals surface area (Å²) in [6, 6.07) is 7.75. The average Bonchev–Trinajstić information content (AvgIpc) is 2.31. The van der Waals surface area contributed by atoms with Crippen LogP contribution in [0.5, 0.6) is 0 Å². The highest BCUT2D eigenvalue weighted by atomic mass is 16.6. The maximum absolute atomic E-state index is 8.70. The first-order chi connectivity index (χ1) is 7.77. The summed E-state index contributed by atoms with van der Waals surface area (Å²) >= 11 is 0. The van der Waals surface area contributed by atoms with Crippen LogP contribution in [0.15, 0.2) is 24.3 Å². The molecule has 0 aliphatic rings. The summed E-state index contributed by atoms with van der Waals surface area (Å²) in [7, 11) is -0.528. The molecule has 1 aromatic carbocycles. The van der Waals surface area contributed by atoms with Gasteiger partial charge < -0.3 is 19.5 Å². The Morgan fingerprint density at radius 1 is 1.00 bits per heavy atom. The zero-order valence-electron chi connectivity index (χ0n) is 9.43. The Morgan fingerprint density at radius 3 is 1.94 bits per heavy atom. The largest absolute Gasteiger partial charge is 0.494 e. The van der Waals surface area contributed by atoms with E-state index >= 15 is 0 Å². The first-order valence-electron chi connectivity index (χ1n) is 5.29. The van der Waals surface area contributed by atoms with Crippen molar-refractivity contribution in [3.8, 4) is 0 Å². The van der Waals surface area contributed by atoms with Gasteiger partial charge in [0.15, 0.2) is 0 Å². The molecule has 0 aromatic heterocycles. The highest BCUT2D eigenvalue weighted by Crippen LogP contribution is 1.97. The van der Waals surface area contributed by atoms with E-state index in [0.717, 1.165) is 11.0 Å². The molecule has 88 valence electrons. The second kappa shape index (κ2) is 7.41. The average molecular weight is 224 g/mol. The number of benzene rings is 1. The minimum atomic E-state index is -0.528. The number of hydrogen-bond donors (Lipinski definition) is 2. The second-order valence-electron chi connectivity index (χ2n) is 3.43. The van der Waals surface area contributed by atoms with E-state index in [9.17, 15) is 0 Å². The maximum atomic E-state index is 8.70. The van der Waals surface area contributed by atoms with Crippen molar-refractivity contribution in [2.45, 2.75) is 6.92 Å². The molecule has 0 saturated heterocycles. The van der Waals surface area contributed by atoms with Gasteiger partial charge in [0.25, 0.3) is 0 Å². The molecule has 2 N–H and O–H groups in total. The van der Waals surface area contributed by atoms with Gasteiger partial charge in [-0.2, -0.15) is 0 Å². The molecule has 1 rings (SSSR count). The van der Waals surface area contributed by atoms with Crippen molar-refractivity contribution in [2.24, 2.45) is 0 Å². The Kier molecular flexibility index (Phi) is 6.11. The van der Waals surface area contributed by atoms with Gasteiger partial charge in [-0.25, -0.2) is 0 Å². The third-order valence-corrected chi connectivity index (χ3v) is 2.07. The van der Waals surface area contributed by atoms with E-state index in [2.05, 4.69) is 0 Å². The standard InChI is InChI=1S/C11H17BO4/c1-10-2-4-11(5-3-10)12(15-8-6-13)16-9-7-14/h2-5,13-14H,6-9H2,1H3. The molecule has 0 unspecified atom stereocenters. The monoisotopic (exact) mass is 224 g/mol. The zero-order valence-corrected chi connectivity index (χ0v) is 9.43. The second-order valence-corrected chi connectivity index (χ2v) is 3.43. The van der Waals surface area contributed by atoms with E-state index in [1.165, 1.54) is 0 Å². The summed E-state index contributed by atoms with van der Waals surface area (Å²) in [4.78, 5) is 0. The minimum absolute atomic E-state index is 0.0507. The van der Waals surface area contributed by atoms with E-state index < -0.39 is 7.12 Å². The van der Waals surface area contributed by atoms with Crippen LogP contribution in [0, 0.1) is 6.92 Å². The van der Waals surface area contributed by atoms with E-state index in [0.29, 0.717) is 0 Å². The Labute approximate surface area is 96.0 Å². The van der Waals surface area contributed by atoms with Gasteiger partial charge in [0, 0.05) is 0 Å². The van der Waals surface area contributed by atoms with E-state index in [4.69, 9.17) is 19.5 Å². The summed E-state index contributed by atoms with van der Waals surface area (Å²) in [6.45, 7) is 2.32. The predicted molar refractivity (Wildman–Crippen MR) is 62.6 cm³/mol. The molecule has 0 saturated carbocycles. The van der Waals surface area contributed by atoms with Gasteiger partial charge in [-0.15, -0.1) is 0 Å². The molecule has 0 aliphatic heterocycles. The lowest BCUT2D eigenvalue weighted by Gasteiger charge is -2.13. The van der Waals surface area contributed by atoms with Crippen LogP contribution in [0.4, 0.5) is 0 Å². The number of aliphatic hydroxyl groups is 2. The fourth-order valence-electron chi connectivity index (χ4n) is 1.28. The van der Waals surface area contributed by atoms with Gasteiger partial charge in [-0.3, -0.25) is 0 Å². The van der Waals surface area contributed by atoms with Crippen LogP contribution in [-0.4, -0.2) is 43.8 Å². The Balaban J connectivity index is 2.62. The Hall–Kier alpha value is -0.875. The first-order valence-corrected chi connectivity index (χ1v) is 5.29. The molecule has 0 atom stereocenters. The van der Waals surface area contributed by atoms with Crippen LogP contribution in [0.1, 0.15) is 5.56 Å². The smallest absolute Gasteiger partial charge is 0.405 e. The highest BCUT2D eigenvalue weighted by molar-refractivity contribution is 6.61. The van der Waals surface area contributed by atoms with Gasteiger partial charge in [-0.1, -0.05) is 29.8 Å². The van der Waals surface area contributed by atoms with Crippen molar-refractivity contribution < 1.29 is 19.5 Å². The van der Waals surface area contributed by atoms with Crippen molar-refractivity contribution in [3.63, 3.8) is 0 Å². The quantitative estimate of drug-likeness (QED) is 0.625. The summed E-state index contributed by atoms with van der Waals surface area (Å²) < 4.78 is 10.7. The number of aliphatic hydroxyl groups excluding tert-OH is 2. The van der Waals surface area contributed by atoms with Crippen LogP contribution in [-0.2, 0) is 9.31 Å². The predicted octanol–water partition coefficient (Wildman–Crippen LogP) is -0.292. The first kappa shape index (κ1) is 13.2. The fourth-order valence-corrected chi connectivity index (χ4v) is 1.28. The van der Waals surface area contributed by atoms with Crippen LogP contribution in [0.2, 0.25) is 0 Å². The normalized spacial score (nSPS) is 10.4. The van der Waals surface area contributed by atoms with Gasteiger partial charge in [0.1, 0.15) is 0 Å². The van der Waals surface area contributed by atoms with E-state index in [1.54, 1.807) is 0 Å². The van der Waals surface area contributed by atoms with Crippen molar-refractivity contribution in [1.29, 1.82) is 0 Å². The fraction of sp³-hybridized carbons (Fsp3) is 0.455. The van der Waals surface area contributed by atoms with E-state index in [1.807, 2.05) is 31.2 Å².